The van der Waals surface area contributed by atoms with Gasteiger partial charge >= 0.3 is 6.03 Å². The number of aryl methyl sites for hydroxylation is 3. The molecule has 2 aliphatic carbocycles. The van der Waals surface area contributed by atoms with Crippen LogP contribution in [-0.4, -0.2) is 43.8 Å². The molecule has 2 unspecified atom stereocenters. The van der Waals surface area contributed by atoms with Crippen LogP contribution in [0.3, 0.4) is 0 Å². The first-order chi connectivity index (χ1) is 15.4. The molecule has 2 atom stereocenters. The molecule has 3 N–H and O–H groups in total. The molecular formula is C22H32N5O4S-. The molecule has 0 spiro atoms. The van der Waals surface area contributed by atoms with Gasteiger partial charge in [-0.3, -0.25) is 13.2 Å². The van der Waals surface area contributed by atoms with E-state index < -0.39 is 17.3 Å². The van der Waals surface area contributed by atoms with Crippen LogP contribution in [0.4, 0.5) is 16.2 Å². The normalized spacial score (nSPS) is 19.6. The quantitative estimate of drug-likeness (QED) is 0.661. The summed E-state index contributed by atoms with van der Waals surface area (Å²) in [4.78, 5) is 11.1. The molecule has 2 heterocycles. The van der Waals surface area contributed by atoms with E-state index in [1.165, 1.54) is 45.6 Å². The number of carbonyl (C=O) groups excluding carboxylic acids is 1. The van der Waals surface area contributed by atoms with Crippen molar-refractivity contribution in [1.82, 2.24) is 9.78 Å². The van der Waals surface area contributed by atoms with Gasteiger partial charge in [0.05, 0.1) is 24.5 Å². The lowest BCUT2D eigenvalue weighted by Crippen LogP contribution is -2.33. The SMILES string of the molecule is Cn1cc(N(CC2CCCO2)S(=O)[O-])cn1.NC(=O)Nc1c2c(cc3c1CCC3)CCC2.[HH]. The van der Waals surface area contributed by atoms with Gasteiger partial charge in [-0.25, -0.2) is 4.79 Å². The van der Waals surface area contributed by atoms with Crippen molar-refractivity contribution >= 4 is 28.7 Å². The number of ether oxygens (including phenoxy) is 1. The summed E-state index contributed by atoms with van der Waals surface area (Å²) < 4.78 is 30.5. The van der Waals surface area contributed by atoms with Crippen molar-refractivity contribution < 1.29 is 19.7 Å². The molecular weight excluding hydrogens is 430 g/mol. The van der Waals surface area contributed by atoms with Gasteiger partial charge in [-0.05, 0) is 73.6 Å². The van der Waals surface area contributed by atoms with Crippen LogP contribution in [0.25, 0.3) is 0 Å². The van der Waals surface area contributed by atoms with Crippen LogP contribution >= 0.6 is 0 Å². The smallest absolute Gasteiger partial charge is 0.316 e. The van der Waals surface area contributed by atoms with Crippen LogP contribution in [0.1, 0.15) is 49.4 Å². The molecule has 1 saturated heterocycles. The van der Waals surface area contributed by atoms with Crippen LogP contribution < -0.4 is 15.4 Å². The maximum atomic E-state index is 11.1. The number of amides is 2. The lowest BCUT2D eigenvalue weighted by Gasteiger charge is -2.27. The largest absolute Gasteiger partial charge is 0.755 e. The minimum absolute atomic E-state index is 0. The summed E-state index contributed by atoms with van der Waals surface area (Å²) >= 11 is -2.29. The van der Waals surface area contributed by atoms with Crippen LogP contribution in [0.2, 0.25) is 0 Å². The average molecular weight is 463 g/mol. The van der Waals surface area contributed by atoms with E-state index in [-0.39, 0.29) is 7.53 Å². The lowest BCUT2D eigenvalue weighted by atomic mass is 9.99. The number of hydrogen-bond acceptors (Lipinski definition) is 5. The van der Waals surface area contributed by atoms with E-state index >= 15 is 0 Å². The van der Waals surface area contributed by atoms with E-state index in [1.807, 2.05) is 0 Å². The number of benzene rings is 1. The van der Waals surface area contributed by atoms with Gasteiger partial charge in [0.1, 0.15) is 0 Å². The van der Waals surface area contributed by atoms with E-state index in [0.717, 1.165) is 50.8 Å². The van der Waals surface area contributed by atoms with E-state index in [1.54, 1.807) is 17.9 Å². The Labute approximate surface area is 192 Å². The molecule has 1 aromatic heterocycles. The van der Waals surface area contributed by atoms with Gasteiger partial charge in [0.25, 0.3) is 0 Å². The van der Waals surface area contributed by atoms with Crippen molar-refractivity contribution in [3.8, 4) is 0 Å². The first-order valence-electron chi connectivity index (χ1n) is 11.1. The van der Waals surface area contributed by atoms with Crippen molar-refractivity contribution in [3.63, 3.8) is 0 Å². The van der Waals surface area contributed by atoms with Crippen molar-refractivity contribution in [2.75, 3.05) is 22.8 Å². The fraction of sp³-hybridized carbons (Fsp3) is 0.545. The maximum Gasteiger partial charge on any atom is 0.316 e. The second-order valence-electron chi connectivity index (χ2n) is 8.51. The van der Waals surface area contributed by atoms with Gasteiger partial charge in [-0.1, -0.05) is 6.07 Å². The highest BCUT2D eigenvalue weighted by atomic mass is 32.2. The number of hydrogen-bond donors (Lipinski definition) is 2. The Morgan fingerprint density at radius 3 is 2.50 bits per heavy atom. The monoisotopic (exact) mass is 462 g/mol. The zero-order valence-corrected chi connectivity index (χ0v) is 19.2. The number of nitrogens with two attached hydrogens (primary N) is 1. The Bertz CT molecular complexity index is 977. The molecule has 176 valence electrons. The minimum atomic E-state index is -2.29. The fourth-order valence-corrected chi connectivity index (χ4v) is 5.41. The summed E-state index contributed by atoms with van der Waals surface area (Å²) in [5.74, 6) is 0. The molecule has 1 fully saturated rings. The number of nitrogens with zero attached hydrogens (tertiary/aromatic N) is 3. The highest BCUT2D eigenvalue weighted by Crippen LogP contribution is 2.38. The number of anilines is 2. The topological polar surface area (TPSA) is 126 Å². The van der Waals surface area contributed by atoms with Crippen LogP contribution in [0.5, 0.6) is 0 Å². The number of carbonyl (C=O) groups is 1. The van der Waals surface area contributed by atoms with E-state index in [4.69, 9.17) is 10.5 Å². The zero-order chi connectivity index (χ0) is 22.7. The summed E-state index contributed by atoms with van der Waals surface area (Å²) in [7, 11) is 1.75. The third-order valence-corrected chi connectivity index (χ3v) is 6.99. The second kappa shape index (κ2) is 10.0. The molecule has 10 heteroatoms. The second-order valence-corrected chi connectivity index (χ2v) is 9.38. The first-order valence-corrected chi connectivity index (χ1v) is 12.2. The molecule has 0 radical (unpaired) electrons. The highest BCUT2D eigenvalue weighted by Gasteiger charge is 2.24. The predicted octanol–water partition coefficient (Wildman–Crippen LogP) is 2.60. The molecule has 1 aliphatic heterocycles. The van der Waals surface area contributed by atoms with Crippen LogP contribution in [0.15, 0.2) is 18.5 Å². The predicted molar refractivity (Wildman–Crippen MR) is 124 cm³/mol. The number of aromatic nitrogens is 2. The minimum Gasteiger partial charge on any atom is -0.755 e. The number of rotatable bonds is 5. The Kier molecular flexibility index (Phi) is 7.12. The molecule has 32 heavy (non-hydrogen) atoms. The van der Waals surface area contributed by atoms with Crippen molar-refractivity contribution in [2.24, 2.45) is 12.8 Å². The molecule has 2 amide bonds. The van der Waals surface area contributed by atoms with Crippen LogP contribution in [-0.2, 0) is 48.7 Å². The molecule has 5 rings (SSSR count). The highest BCUT2D eigenvalue weighted by molar-refractivity contribution is 7.80. The third kappa shape index (κ3) is 5.13. The Hall–Kier alpha value is -2.43. The molecule has 3 aliphatic rings. The number of fused-ring (bicyclic) bond motifs is 2. The van der Waals surface area contributed by atoms with Gasteiger partial charge in [0.2, 0.25) is 0 Å². The molecule has 9 nitrogen and oxygen atoms in total. The molecule has 2 aromatic rings. The summed E-state index contributed by atoms with van der Waals surface area (Å²) in [5, 5.41) is 6.80. The fourth-order valence-electron chi connectivity index (χ4n) is 4.85. The Morgan fingerprint density at radius 2 is 2.00 bits per heavy atom. The van der Waals surface area contributed by atoms with E-state index in [2.05, 4.69) is 16.5 Å². The van der Waals surface area contributed by atoms with Crippen molar-refractivity contribution in [2.45, 2.75) is 57.5 Å². The van der Waals surface area contributed by atoms with Crippen molar-refractivity contribution in [3.05, 3.63) is 40.7 Å². The Balaban J connectivity index is 0.000000180. The summed E-state index contributed by atoms with van der Waals surface area (Å²) in [6.45, 7) is 1.08. The van der Waals surface area contributed by atoms with E-state index in [0.29, 0.717) is 12.2 Å². The maximum absolute atomic E-state index is 11.1. The van der Waals surface area contributed by atoms with Gasteiger partial charge < -0.3 is 20.3 Å². The third-order valence-electron chi connectivity index (χ3n) is 6.27. The van der Waals surface area contributed by atoms with Gasteiger partial charge in [0.15, 0.2) is 0 Å². The molecule has 0 saturated carbocycles. The van der Waals surface area contributed by atoms with E-state index in [9.17, 15) is 13.6 Å². The number of nitrogens with one attached hydrogen (secondary N) is 1. The summed E-state index contributed by atoms with van der Waals surface area (Å²) in [6.07, 6.45) is 12.0. The molecule has 0 bridgehead atoms. The average Bonchev–Trinajstić information content (AvgIpc) is 3.53. The summed E-state index contributed by atoms with van der Waals surface area (Å²) in [6, 6.07) is 1.91. The van der Waals surface area contributed by atoms with Gasteiger partial charge in [-0.15, -0.1) is 0 Å². The lowest BCUT2D eigenvalue weighted by molar-refractivity contribution is 0.118. The first kappa shape index (κ1) is 22.8. The molecule has 1 aromatic carbocycles. The van der Waals surface area contributed by atoms with Gasteiger partial charge in [0, 0.05) is 38.2 Å². The summed E-state index contributed by atoms with van der Waals surface area (Å²) in [5.41, 5.74) is 12.4. The van der Waals surface area contributed by atoms with Crippen LogP contribution in [0, 0.1) is 0 Å². The number of primary amides is 1. The number of urea groups is 1. The van der Waals surface area contributed by atoms with Gasteiger partial charge in [-0.2, -0.15) is 5.10 Å². The Morgan fingerprint density at radius 1 is 1.31 bits per heavy atom. The van der Waals surface area contributed by atoms with Crippen molar-refractivity contribution in [1.29, 1.82) is 0 Å². The zero-order valence-electron chi connectivity index (χ0n) is 18.3. The standard InChI is InChI=1S/C13H16N2O.C9H15N3O3S.H2/c14-13(16)15-12-10-5-1-3-8(10)7-9-4-2-6-11(9)12;1-11-6-8(5-10-11)12(16(13)14)7-9-3-2-4-15-9;/h7H,1-6H2,(H3,14,15,16);5-6,9H,2-4,7H2,1H3,(H,13,14);1H/p-1.